The molecule has 0 aromatic carbocycles. The van der Waals surface area contributed by atoms with Crippen molar-refractivity contribution in [2.75, 3.05) is 18.6 Å². The van der Waals surface area contributed by atoms with Crippen LogP contribution in [0.15, 0.2) is 22.8 Å². The summed E-state index contributed by atoms with van der Waals surface area (Å²) in [4.78, 5) is 13.6. The van der Waals surface area contributed by atoms with Crippen molar-refractivity contribution in [2.24, 2.45) is 0 Å². The van der Waals surface area contributed by atoms with E-state index < -0.39 is 0 Å². The number of carbonyl (C=O) groups excluding carboxylic acids is 1. The van der Waals surface area contributed by atoms with Crippen molar-refractivity contribution in [1.82, 2.24) is 4.90 Å². The molecule has 0 fully saturated rings. The Hall–Kier alpha value is -0.900. The summed E-state index contributed by atoms with van der Waals surface area (Å²) in [5.74, 6) is 2.57. The fourth-order valence-electron chi connectivity index (χ4n) is 1.34. The maximum absolute atomic E-state index is 11.8. The molecule has 0 saturated carbocycles. The molecule has 1 aromatic heterocycles. The average Bonchev–Trinajstić information content (AvgIpc) is 2.80. The third-order valence-electron chi connectivity index (χ3n) is 2.50. The lowest BCUT2D eigenvalue weighted by molar-refractivity contribution is -0.129. The summed E-state index contributed by atoms with van der Waals surface area (Å²) in [6.07, 6.45) is 2.74. The molecular formula is C12H19NO2S. The highest BCUT2D eigenvalue weighted by Crippen LogP contribution is 2.19. The highest BCUT2D eigenvalue weighted by atomic mass is 32.2. The maximum atomic E-state index is 11.8. The van der Waals surface area contributed by atoms with E-state index in [1.807, 2.05) is 26.1 Å². The molecule has 16 heavy (non-hydrogen) atoms. The molecule has 0 saturated heterocycles. The lowest BCUT2D eigenvalue weighted by atomic mass is 10.2. The predicted octanol–water partition coefficient (Wildman–Crippen LogP) is 2.94. The number of amides is 1. The van der Waals surface area contributed by atoms with Gasteiger partial charge in [0.05, 0.1) is 18.1 Å². The number of rotatable bonds is 6. The van der Waals surface area contributed by atoms with Gasteiger partial charge in [0.15, 0.2) is 0 Å². The Kier molecular flexibility index (Phi) is 5.46. The molecule has 1 rings (SSSR count). The van der Waals surface area contributed by atoms with Gasteiger partial charge in [-0.25, -0.2) is 0 Å². The lowest BCUT2D eigenvalue weighted by Gasteiger charge is -2.23. The van der Waals surface area contributed by atoms with Crippen molar-refractivity contribution in [1.29, 1.82) is 0 Å². The highest BCUT2D eigenvalue weighted by molar-refractivity contribution is 7.99. The monoisotopic (exact) mass is 241 g/mol. The molecule has 1 amide bonds. The molecule has 0 aliphatic heterocycles. The van der Waals surface area contributed by atoms with E-state index in [1.54, 1.807) is 22.9 Å². The van der Waals surface area contributed by atoms with Crippen LogP contribution in [0.3, 0.4) is 0 Å². The molecule has 1 atom stereocenters. The number of thioether (sulfide) groups is 1. The first-order chi connectivity index (χ1) is 7.66. The minimum atomic E-state index is 0.00438. The first-order valence-electron chi connectivity index (χ1n) is 5.53. The Balaban J connectivity index is 2.44. The van der Waals surface area contributed by atoms with Crippen LogP contribution in [0.5, 0.6) is 0 Å². The van der Waals surface area contributed by atoms with Gasteiger partial charge < -0.3 is 9.32 Å². The van der Waals surface area contributed by atoms with Crippen molar-refractivity contribution < 1.29 is 9.21 Å². The van der Waals surface area contributed by atoms with E-state index in [4.69, 9.17) is 4.42 Å². The van der Waals surface area contributed by atoms with Crippen LogP contribution in [0.2, 0.25) is 0 Å². The Morgan fingerprint density at radius 1 is 1.62 bits per heavy atom. The number of furan rings is 1. The average molecular weight is 241 g/mol. The largest absolute Gasteiger partial charge is 0.467 e. The molecule has 0 radical (unpaired) electrons. The molecule has 0 aliphatic rings. The molecule has 4 heteroatoms. The smallest absolute Gasteiger partial charge is 0.232 e. The number of carbonyl (C=O) groups is 1. The topological polar surface area (TPSA) is 33.5 Å². The van der Waals surface area contributed by atoms with E-state index in [0.29, 0.717) is 5.75 Å². The SMILES string of the molecule is CCCSCC(=O)N(C)C(C)c1ccco1. The summed E-state index contributed by atoms with van der Waals surface area (Å²) >= 11 is 1.68. The summed E-state index contributed by atoms with van der Waals surface area (Å²) in [5.41, 5.74) is 0. The second-order valence-electron chi connectivity index (χ2n) is 3.75. The van der Waals surface area contributed by atoms with Crippen LogP contribution < -0.4 is 0 Å². The minimum absolute atomic E-state index is 0.00438. The van der Waals surface area contributed by atoms with Crippen LogP contribution in [0.4, 0.5) is 0 Å². The van der Waals surface area contributed by atoms with Crippen LogP contribution in [0, 0.1) is 0 Å². The minimum Gasteiger partial charge on any atom is -0.467 e. The van der Waals surface area contributed by atoms with Crippen molar-refractivity contribution in [2.45, 2.75) is 26.3 Å². The van der Waals surface area contributed by atoms with Gasteiger partial charge in [-0.1, -0.05) is 6.92 Å². The van der Waals surface area contributed by atoms with E-state index in [2.05, 4.69) is 6.92 Å². The van der Waals surface area contributed by atoms with Gasteiger partial charge in [-0.2, -0.15) is 11.8 Å². The fourth-order valence-corrected chi connectivity index (χ4v) is 2.15. The van der Waals surface area contributed by atoms with E-state index in [1.165, 1.54) is 0 Å². The molecule has 3 nitrogen and oxygen atoms in total. The fraction of sp³-hybridized carbons (Fsp3) is 0.583. The zero-order valence-electron chi connectivity index (χ0n) is 10.1. The third kappa shape index (κ3) is 3.59. The second kappa shape index (κ2) is 6.63. The summed E-state index contributed by atoms with van der Waals surface area (Å²) in [6, 6.07) is 3.74. The van der Waals surface area contributed by atoms with Crippen molar-refractivity contribution in [3.8, 4) is 0 Å². The third-order valence-corrected chi connectivity index (χ3v) is 3.65. The maximum Gasteiger partial charge on any atom is 0.232 e. The molecule has 1 unspecified atom stereocenters. The van der Waals surface area contributed by atoms with Gasteiger partial charge in [0.25, 0.3) is 0 Å². The van der Waals surface area contributed by atoms with E-state index in [9.17, 15) is 4.79 Å². The number of hydrogen-bond acceptors (Lipinski definition) is 3. The zero-order chi connectivity index (χ0) is 12.0. The first kappa shape index (κ1) is 13.2. The van der Waals surface area contributed by atoms with Gasteiger partial charge in [-0.3, -0.25) is 4.79 Å². The van der Waals surface area contributed by atoms with Crippen LogP contribution in [0.25, 0.3) is 0 Å². The van der Waals surface area contributed by atoms with Gasteiger partial charge in [0.1, 0.15) is 5.76 Å². The zero-order valence-corrected chi connectivity index (χ0v) is 10.9. The van der Waals surface area contributed by atoms with Crippen LogP contribution in [-0.2, 0) is 4.79 Å². The summed E-state index contributed by atoms with van der Waals surface area (Å²) in [7, 11) is 1.82. The van der Waals surface area contributed by atoms with Gasteiger partial charge in [-0.15, -0.1) is 0 Å². The van der Waals surface area contributed by atoms with E-state index in [-0.39, 0.29) is 11.9 Å². The normalized spacial score (nSPS) is 12.4. The molecule has 1 heterocycles. The van der Waals surface area contributed by atoms with Crippen LogP contribution >= 0.6 is 11.8 Å². The van der Waals surface area contributed by atoms with Gasteiger partial charge >= 0.3 is 0 Å². The van der Waals surface area contributed by atoms with E-state index in [0.717, 1.165) is 17.9 Å². The molecule has 90 valence electrons. The van der Waals surface area contributed by atoms with Gasteiger partial charge in [0.2, 0.25) is 5.91 Å². The molecule has 0 bridgehead atoms. The summed E-state index contributed by atoms with van der Waals surface area (Å²) < 4.78 is 5.29. The first-order valence-corrected chi connectivity index (χ1v) is 6.69. The summed E-state index contributed by atoms with van der Waals surface area (Å²) in [6.45, 7) is 4.09. The standard InChI is InChI=1S/C12H19NO2S/c1-4-8-16-9-12(14)13(3)10(2)11-6-5-7-15-11/h5-7,10H,4,8-9H2,1-3H3. The lowest BCUT2D eigenvalue weighted by Crippen LogP contribution is -2.30. The Labute approximate surface area is 101 Å². The molecule has 1 aromatic rings. The van der Waals surface area contributed by atoms with Gasteiger partial charge in [0, 0.05) is 7.05 Å². The Morgan fingerprint density at radius 3 is 2.94 bits per heavy atom. The Morgan fingerprint density at radius 2 is 2.38 bits per heavy atom. The van der Waals surface area contributed by atoms with Gasteiger partial charge in [-0.05, 0) is 31.2 Å². The van der Waals surface area contributed by atoms with Crippen LogP contribution in [-0.4, -0.2) is 29.4 Å². The molecular weight excluding hydrogens is 222 g/mol. The Bertz CT molecular complexity index is 311. The highest BCUT2D eigenvalue weighted by Gasteiger charge is 2.18. The quantitative estimate of drug-likeness (QED) is 0.718. The predicted molar refractivity (Wildman–Crippen MR) is 67.5 cm³/mol. The molecule has 0 N–H and O–H groups in total. The van der Waals surface area contributed by atoms with Crippen molar-refractivity contribution in [3.05, 3.63) is 24.2 Å². The van der Waals surface area contributed by atoms with E-state index >= 15 is 0 Å². The van der Waals surface area contributed by atoms with Crippen molar-refractivity contribution in [3.63, 3.8) is 0 Å². The second-order valence-corrected chi connectivity index (χ2v) is 4.85. The van der Waals surface area contributed by atoms with Crippen LogP contribution in [0.1, 0.15) is 32.1 Å². The molecule has 0 aliphatic carbocycles. The number of nitrogens with zero attached hydrogens (tertiary/aromatic N) is 1. The molecule has 0 spiro atoms. The van der Waals surface area contributed by atoms with Crippen molar-refractivity contribution >= 4 is 17.7 Å². The number of hydrogen-bond donors (Lipinski definition) is 0. The summed E-state index contributed by atoms with van der Waals surface area (Å²) in [5, 5.41) is 0.